The Morgan fingerprint density at radius 3 is 2.67 bits per heavy atom. The van der Waals surface area contributed by atoms with E-state index in [1.54, 1.807) is 0 Å². The number of fused-ring (bicyclic) bond motifs is 3. The van der Waals surface area contributed by atoms with Gasteiger partial charge in [-0.3, -0.25) is 0 Å². The number of pyridine rings is 1. The van der Waals surface area contributed by atoms with Gasteiger partial charge >= 0.3 is 0 Å². The lowest BCUT2D eigenvalue weighted by Gasteiger charge is -2.04. The molecule has 5 rings (SSSR count). The molecule has 4 nitrogen and oxygen atoms in total. The van der Waals surface area contributed by atoms with Crippen LogP contribution in [0.25, 0.3) is 21.7 Å². The Morgan fingerprint density at radius 2 is 1.81 bits per heavy atom. The number of nitrogens with zero attached hydrogens (tertiary/aromatic N) is 1. The molecule has 0 unspecified atom stereocenters. The molecule has 0 spiro atoms. The van der Waals surface area contributed by atoms with Crippen LogP contribution in [0.4, 0.5) is 0 Å². The Balaban J connectivity index is 0.00000115. The zero-order chi connectivity index (χ0) is 13.3. The van der Waals surface area contributed by atoms with Crippen molar-refractivity contribution >= 4 is 21.7 Å². The number of phenols is 1. The molecule has 0 aliphatic carbocycles. The third-order valence-electron chi connectivity index (χ3n) is 4.21. The summed E-state index contributed by atoms with van der Waals surface area (Å²) in [5, 5.41) is 13.2. The van der Waals surface area contributed by atoms with Crippen molar-refractivity contribution in [3.05, 3.63) is 36.0 Å². The van der Waals surface area contributed by atoms with Gasteiger partial charge in [-0.15, -0.1) is 0 Å². The van der Waals surface area contributed by atoms with Gasteiger partial charge < -0.3 is 27.0 Å². The third-order valence-corrected chi connectivity index (χ3v) is 4.21. The first kappa shape index (κ1) is 12.5. The summed E-state index contributed by atoms with van der Waals surface area (Å²) < 4.78 is 13.2. The van der Waals surface area contributed by atoms with Crippen molar-refractivity contribution in [3.63, 3.8) is 0 Å². The summed E-state index contributed by atoms with van der Waals surface area (Å²) in [6.07, 6.45) is 3.13. The minimum Gasteiger partial charge on any atom is -1.00 e. The monoisotopic (exact) mass is 301 g/mol. The SMILES string of the molecule is Oc1cc2c3c(c1)c1cc4c(cc1c[n+]3CC2)OCO4.[Cl-]. The Kier molecular flexibility index (Phi) is 2.48. The molecule has 3 aromatic rings. The molecule has 0 saturated heterocycles. The van der Waals surface area contributed by atoms with E-state index >= 15 is 0 Å². The number of hydrogen-bond acceptors (Lipinski definition) is 3. The van der Waals surface area contributed by atoms with E-state index in [2.05, 4.69) is 10.8 Å². The van der Waals surface area contributed by atoms with Crippen LogP contribution < -0.4 is 26.4 Å². The number of benzene rings is 2. The van der Waals surface area contributed by atoms with E-state index in [1.165, 1.54) is 11.1 Å². The molecule has 5 heteroatoms. The van der Waals surface area contributed by atoms with Crippen molar-refractivity contribution in [2.75, 3.05) is 6.79 Å². The van der Waals surface area contributed by atoms with Crippen LogP contribution in [-0.2, 0) is 13.0 Å². The summed E-state index contributed by atoms with van der Waals surface area (Å²) in [5.74, 6) is 1.90. The van der Waals surface area contributed by atoms with Crippen molar-refractivity contribution in [1.82, 2.24) is 0 Å². The lowest BCUT2D eigenvalue weighted by Crippen LogP contribution is -3.00. The number of halogens is 1. The molecule has 0 radical (unpaired) electrons. The van der Waals surface area contributed by atoms with Gasteiger partial charge in [0.1, 0.15) is 5.75 Å². The number of ether oxygens (including phenoxy) is 2. The summed E-state index contributed by atoms with van der Waals surface area (Å²) in [5.41, 5.74) is 2.42. The van der Waals surface area contributed by atoms with Gasteiger partial charge in [-0.1, -0.05) is 0 Å². The molecule has 0 atom stereocenters. The molecule has 0 bridgehead atoms. The molecule has 106 valence electrons. The van der Waals surface area contributed by atoms with Crippen LogP contribution in [0.1, 0.15) is 5.56 Å². The maximum Gasteiger partial charge on any atom is 0.231 e. The Labute approximate surface area is 126 Å². The standard InChI is InChI=1S/C16H11NO3.ClH/c18-11-3-9-1-2-17-7-10-4-14-15(20-8-19-14)6-12(10)13(5-11)16(9)17;/h3-7H,1-2,8H2;1H. The Bertz CT molecular complexity index is 907. The second-order valence-electron chi connectivity index (χ2n) is 5.37. The minimum absolute atomic E-state index is 0. The lowest BCUT2D eigenvalue weighted by molar-refractivity contribution is -0.662. The average molecular weight is 302 g/mol. The Hall–Kier alpha value is -2.20. The molecule has 0 saturated carbocycles. The number of hydrogen-bond donors (Lipinski definition) is 1. The van der Waals surface area contributed by atoms with Crippen molar-refractivity contribution in [3.8, 4) is 17.2 Å². The van der Waals surface area contributed by atoms with Gasteiger partial charge in [-0.25, -0.2) is 0 Å². The molecule has 21 heavy (non-hydrogen) atoms. The van der Waals surface area contributed by atoms with Gasteiger partial charge in [0, 0.05) is 17.4 Å². The molecule has 2 aromatic carbocycles. The van der Waals surface area contributed by atoms with Gasteiger partial charge in [-0.05, 0) is 24.3 Å². The van der Waals surface area contributed by atoms with Gasteiger partial charge in [0.15, 0.2) is 24.2 Å². The molecule has 2 aliphatic heterocycles. The number of aromatic hydroxyl groups is 1. The highest BCUT2D eigenvalue weighted by Crippen LogP contribution is 2.39. The maximum absolute atomic E-state index is 9.95. The molecule has 0 fully saturated rings. The van der Waals surface area contributed by atoms with Crippen LogP contribution in [0.2, 0.25) is 0 Å². The average Bonchev–Trinajstić information content (AvgIpc) is 3.04. The first-order valence-electron chi connectivity index (χ1n) is 6.71. The fourth-order valence-electron chi connectivity index (χ4n) is 3.36. The lowest BCUT2D eigenvalue weighted by atomic mass is 10.0. The largest absolute Gasteiger partial charge is 1.00 e. The van der Waals surface area contributed by atoms with Crippen molar-refractivity contribution in [2.24, 2.45) is 0 Å². The topological polar surface area (TPSA) is 42.6 Å². The number of rotatable bonds is 0. The van der Waals surface area contributed by atoms with Gasteiger partial charge in [0.25, 0.3) is 0 Å². The maximum atomic E-state index is 9.95. The van der Waals surface area contributed by atoms with E-state index in [-0.39, 0.29) is 19.2 Å². The smallest absolute Gasteiger partial charge is 0.231 e. The molecular formula is C16H12ClNO3. The van der Waals surface area contributed by atoms with E-state index in [1.807, 2.05) is 24.3 Å². The molecule has 3 heterocycles. The summed E-state index contributed by atoms with van der Waals surface area (Å²) in [6, 6.07) is 7.73. The van der Waals surface area contributed by atoms with Gasteiger partial charge in [0.05, 0.1) is 10.8 Å². The van der Waals surface area contributed by atoms with Gasteiger partial charge in [-0.2, -0.15) is 4.57 Å². The zero-order valence-electron chi connectivity index (χ0n) is 11.1. The normalized spacial score (nSPS) is 14.7. The molecule has 1 N–H and O–H groups in total. The van der Waals surface area contributed by atoms with Crippen LogP contribution in [0, 0.1) is 0 Å². The predicted octanol–water partition coefficient (Wildman–Crippen LogP) is -0.725. The number of aromatic nitrogens is 1. The fourth-order valence-corrected chi connectivity index (χ4v) is 3.36. The van der Waals surface area contributed by atoms with E-state index < -0.39 is 0 Å². The fraction of sp³-hybridized carbons (Fsp3) is 0.188. The van der Waals surface area contributed by atoms with E-state index in [9.17, 15) is 5.11 Å². The highest BCUT2D eigenvalue weighted by molar-refractivity contribution is 6.06. The summed E-state index contributed by atoms with van der Waals surface area (Å²) in [6.45, 7) is 1.24. The molecule has 0 amide bonds. The predicted molar refractivity (Wildman–Crippen MR) is 73.1 cm³/mol. The summed E-state index contributed by atoms with van der Waals surface area (Å²) in [7, 11) is 0. The molecule has 2 aliphatic rings. The summed E-state index contributed by atoms with van der Waals surface area (Å²) >= 11 is 0. The van der Waals surface area contributed by atoms with Crippen LogP contribution >= 0.6 is 0 Å². The highest BCUT2D eigenvalue weighted by atomic mass is 35.5. The van der Waals surface area contributed by atoms with Crippen molar-refractivity contribution in [2.45, 2.75) is 13.0 Å². The summed E-state index contributed by atoms with van der Waals surface area (Å²) in [4.78, 5) is 0. The van der Waals surface area contributed by atoms with Gasteiger partial charge in [0.2, 0.25) is 12.3 Å². The van der Waals surface area contributed by atoms with Crippen LogP contribution in [0.3, 0.4) is 0 Å². The van der Waals surface area contributed by atoms with E-state index in [0.29, 0.717) is 5.75 Å². The third kappa shape index (κ3) is 1.59. The Morgan fingerprint density at radius 1 is 1.00 bits per heavy atom. The minimum atomic E-state index is 0. The van der Waals surface area contributed by atoms with E-state index in [4.69, 9.17) is 9.47 Å². The van der Waals surface area contributed by atoms with Crippen molar-refractivity contribution < 1.29 is 31.6 Å². The molecular weight excluding hydrogens is 290 g/mol. The van der Waals surface area contributed by atoms with E-state index in [0.717, 1.165) is 40.6 Å². The first-order valence-corrected chi connectivity index (χ1v) is 6.71. The highest BCUT2D eigenvalue weighted by Gasteiger charge is 2.26. The zero-order valence-corrected chi connectivity index (χ0v) is 11.9. The van der Waals surface area contributed by atoms with Crippen molar-refractivity contribution in [1.29, 1.82) is 0 Å². The molecule has 1 aromatic heterocycles. The number of phenolic OH excluding ortho intramolecular Hbond substituents is 1. The van der Waals surface area contributed by atoms with Crippen LogP contribution in [0.5, 0.6) is 17.2 Å². The quantitative estimate of drug-likeness (QED) is 0.440. The van der Waals surface area contributed by atoms with Crippen LogP contribution in [0.15, 0.2) is 30.5 Å². The van der Waals surface area contributed by atoms with Crippen LogP contribution in [-0.4, -0.2) is 11.9 Å². The number of aryl methyl sites for hydroxylation is 2. The second kappa shape index (κ2) is 4.15. The second-order valence-corrected chi connectivity index (χ2v) is 5.37. The first-order chi connectivity index (χ1) is 9.79.